The second-order valence-electron chi connectivity index (χ2n) is 6.50. The largest absolute Gasteiger partial charge is 0.495 e. The monoisotopic (exact) mass is 340 g/mol. The third-order valence-corrected chi connectivity index (χ3v) is 4.97. The van der Waals surface area contributed by atoms with Crippen LogP contribution in [0.1, 0.15) is 12.8 Å². The molecule has 1 aromatic heterocycles. The van der Waals surface area contributed by atoms with Gasteiger partial charge in [0.15, 0.2) is 0 Å². The molecular formula is C20H28N4O. The first-order valence-corrected chi connectivity index (χ1v) is 9.01. The molecular weight excluding hydrogens is 312 g/mol. The molecule has 0 spiro atoms. The van der Waals surface area contributed by atoms with E-state index in [-0.39, 0.29) is 0 Å². The van der Waals surface area contributed by atoms with Crippen LogP contribution in [0.5, 0.6) is 5.75 Å². The van der Waals surface area contributed by atoms with E-state index >= 15 is 0 Å². The highest BCUT2D eigenvalue weighted by Crippen LogP contribution is 2.30. The van der Waals surface area contributed by atoms with Crippen molar-refractivity contribution in [3.63, 3.8) is 0 Å². The van der Waals surface area contributed by atoms with Crippen molar-refractivity contribution >= 4 is 11.5 Å². The fourth-order valence-corrected chi connectivity index (χ4v) is 3.46. The van der Waals surface area contributed by atoms with E-state index < -0.39 is 0 Å². The molecule has 2 aromatic rings. The van der Waals surface area contributed by atoms with Crippen LogP contribution in [0.2, 0.25) is 0 Å². The summed E-state index contributed by atoms with van der Waals surface area (Å²) < 4.78 is 5.51. The molecule has 1 N–H and O–H groups in total. The number of methoxy groups -OCH3 is 1. The van der Waals surface area contributed by atoms with Crippen molar-refractivity contribution in [2.75, 3.05) is 50.6 Å². The Hall–Kier alpha value is -2.27. The van der Waals surface area contributed by atoms with Crippen molar-refractivity contribution in [1.29, 1.82) is 0 Å². The Morgan fingerprint density at radius 2 is 1.92 bits per heavy atom. The lowest BCUT2D eigenvalue weighted by Gasteiger charge is -2.38. The van der Waals surface area contributed by atoms with Crippen molar-refractivity contribution in [3.05, 3.63) is 48.7 Å². The van der Waals surface area contributed by atoms with Crippen LogP contribution in [0.4, 0.5) is 11.5 Å². The number of nitrogens with zero attached hydrogens (tertiary/aromatic N) is 3. The number of pyridine rings is 1. The number of anilines is 2. The van der Waals surface area contributed by atoms with E-state index in [2.05, 4.69) is 39.3 Å². The summed E-state index contributed by atoms with van der Waals surface area (Å²) in [5.74, 6) is 1.90. The second-order valence-corrected chi connectivity index (χ2v) is 6.50. The number of hydrogen-bond acceptors (Lipinski definition) is 5. The Morgan fingerprint density at radius 1 is 1.16 bits per heavy atom. The summed E-state index contributed by atoms with van der Waals surface area (Å²) in [5.41, 5.74) is 1.18. The van der Waals surface area contributed by atoms with E-state index in [1.165, 1.54) is 18.5 Å². The van der Waals surface area contributed by atoms with E-state index in [1.807, 2.05) is 36.5 Å². The average Bonchev–Trinajstić information content (AvgIpc) is 2.69. The van der Waals surface area contributed by atoms with Gasteiger partial charge in [-0.25, -0.2) is 4.98 Å². The summed E-state index contributed by atoms with van der Waals surface area (Å²) >= 11 is 0. The molecule has 0 amide bonds. The minimum Gasteiger partial charge on any atom is -0.495 e. The van der Waals surface area contributed by atoms with Crippen molar-refractivity contribution in [2.24, 2.45) is 0 Å². The Bertz CT molecular complexity index is 641. The predicted molar refractivity (Wildman–Crippen MR) is 104 cm³/mol. The number of benzene rings is 1. The molecule has 1 aliphatic heterocycles. The summed E-state index contributed by atoms with van der Waals surface area (Å²) in [7, 11) is 3.92. The summed E-state index contributed by atoms with van der Waals surface area (Å²) in [6.45, 7) is 4.26. The molecule has 1 aromatic carbocycles. The molecule has 5 nitrogen and oxygen atoms in total. The Kier molecular flexibility index (Phi) is 6.12. The standard InChI is InChI=1S/C20H28N4O/c1-23(18-7-3-4-8-19(18)25-2)17-10-14-24(15-11-17)16-13-22-20-9-5-6-12-21-20/h3-9,12,17H,10-11,13-16H2,1-2H3,(H,21,22). The molecule has 1 fully saturated rings. The zero-order valence-electron chi connectivity index (χ0n) is 15.2. The van der Waals surface area contributed by atoms with E-state index in [0.717, 1.165) is 37.7 Å². The first kappa shape index (κ1) is 17.5. The van der Waals surface area contributed by atoms with Gasteiger partial charge in [0.25, 0.3) is 0 Å². The van der Waals surface area contributed by atoms with E-state index in [9.17, 15) is 0 Å². The van der Waals surface area contributed by atoms with Gasteiger partial charge in [-0.1, -0.05) is 18.2 Å². The van der Waals surface area contributed by atoms with Gasteiger partial charge < -0.3 is 19.9 Å². The predicted octanol–water partition coefficient (Wildman–Crippen LogP) is 3.10. The summed E-state index contributed by atoms with van der Waals surface area (Å²) in [5, 5.41) is 3.39. The summed E-state index contributed by atoms with van der Waals surface area (Å²) in [6.07, 6.45) is 4.18. The molecule has 0 radical (unpaired) electrons. The lowest BCUT2D eigenvalue weighted by Crippen LogP contribution is -2.44. The maximum atomic E-state index is 5.51. The zero-order valence-corrected chi connectivity index (χ0v) is 15.2. The molecule has 0 bridgehead atoms. The van der Waals surface area contributed by atoms with Gasteiger partial charge in [-0.2, -0.15) is 0 Å². The van der Waals surface area contributed by atoms with E-state index in [0.29, 0.717) is 6.04 Å². The summed E-state index contributed by atoms with van der Waals surface area (Å²) in [4.78, 5) is 9.21. The molecule has 0 unspecified atom stereocenters. The van der Waals surface area contributed by atoms with Crippen LogP contribution in [-0.4, -0.2) is 56.3 Å². The number of hydrogen-bond donors (Lipinski definition) is 1. The van der Waals surface area contributed by atoms with Gasteiger partial charge >= 0.3 is 0 Å². The molecule has 134 valence electrons. The number of ether oxygens (including phenoxy) is 1. The molecule has 1 saturated heterocycles. The van der Waals surface area contributed by atoms with Crippen LogP contribution in [0, 0.1) is 0 Å². The minimum absolute atomic E-state index is 0.566. The Balaban J connectivity index is 1.45. The van der Waals surface area contributed by atoms with Crippen molar-refractivity contribution in [2.45, 2.75) is 18.9 Å². The van der Waals surface area contributed by atoms with Crippen molar-refractivity contribution in [3.8, 4) is 5.75 Å². The number of nitrogens with one attached hydrogen (secondary N) is 1. The molecule has 25 heavy (non-hydrogen) atoms. The van der Waals surface area contributed by atoms with Gasteiger partial charge in [0, 0.05) is 45.5 Å². The first-order valence-electron chi connectivity index (χ1n) is 9.01. The molecule has 3 rings (SSSR count). The Labute approximate surface area is 150 Å². The molecule has 2 heterocycles. The zero-order chi connectivity index (χ0) is 17.5. The van der Waals surface area contributed by atoms with Crippen LogP contribution in [0.25, 0.3) is 0 Å². The number of para-hydroxylation sites is 2. The minimum atomic E-state index is 0.566. The number of rotatable bonds is 7. The third kappa shape index (κ3) is 4.63. The maximum Gasteiger partial charge on any atom is 0.142 e. The second kappa shape index (κ2) is 8.72. The normalized spacial score (nSPS) is 15.8. The highest BCUT2D eigenvalue weighted by atomic mass is 16.5. The van der Waals surface area contributed by atoms with E-state index in [4.69, 9.17) is 4.74 Å². The highest BCUT2D eigenvalue weighted by Gasteiger charge is 2.23. The van der Waals surface area contributed by atoms with Gasteiger partial charge in [0.2, 0.25) is 0 Å². The topological polar surface area (TPSA) is 40.6 Å². The number of likely N-dealkylation sites (tertiary alicyclic amines) is 1. The van der Waals surface area contributed by atoms with Crippen molar-refractivity contribution < 1.29 is 4.74 Å². The van der Waals surface area contributed by atoms with Crippen molar-refractivity contribution in [1.82, 2.24) is 9.88 Å². The van der Waals surface area contributed by atoms with Gasteiger partial charge in [0.05, 0.1) is 12.8 Å². The lowest BCUT2D eigenvalue weighted by molar-refractivity contribution is 0.217. The molecule has 5 heteroatoms. The first-order chi connectivity index (χ1) is 12.3. The van der Waals surface area contributed by atoms with Gasteiger partial charge in [-0.15, -0.1) is 0 Å². The molecule has 0 saturated carbocycles. The highest BCUT2D eigenvalue weighted by molar-refractivity contribution is 5.58. The van der Waals surface area contributed by atoms with Gasteiger partial charge in [-0.05, 0) is 37.1 Å². The molecule has 0 atom stereocenters. The smallest absolute Gasteiger partial charge is 0.142 e. The lowest BCUT2D eigenvalue weighted by atomic mass is 10.0. The van der Waals surface area contributed by atoms with E-state index in [1.54, 1.807) is 7.11 Å². The fourth-order valence-electron chi connectivity index (χ4n) is 3.46. The van der Waals surface area contributed by atoms with Crippen LogP contribution in [-0.2, 0) is 0 Å². The molecule has 1 aliphatic rings. The van der Waals surface area contributed by atoms with Crippen LogP contribution in [0.3, 0.4) is 0 Å². The van der Waals surface area contributed by atoms with Gasteiger partial charge in [0.1, 0.15) is 11.6 Å². The number of aromatic nitrogens is 1. The fraction of sp³-hybridized carbons (Fsp3) is 0.450. The van der Waals surface area contributed by atoms with Gasteiger partial charge in [-0.3, -0.25) is 0 Å². The maximum absolute atomic E-state index is 5.51. The Morgan fingerprint density at radius 3 is 2.64 bits per heavy atom. The summed E-state index contributed by atoms with van der Waals surface area (Å²) in [6, 6.07) is 14.8. The van der Waals surface area contributed by atoms with Crippen LogP contribution in [0.15, 0.2) is 48.7 Å². The number of piperidine rings is 1. The molecule has 0 aliphatic carbocycles. The quantitative estimate of drug-likeness (QED) is 0.839. The van der Waals surface area contributed by atoms with Crippen LogP contribution >= 0.6 is 0 Å². The average molecular weight is 340 g/mol. The SMILES string of the molecule is COc1ccccc1N(C)C1CCN(CCNc2ccccn2)CC1. The van der Waals surface area contributed by atoms with Crippen LogP contribution < -0.4 is 15.0 Å². The third-order valence-electron chi connectivity index (χ3n) is 4.97.